The molecule has 0 aliphatic heterocycles. The van der Waals surface area contributed by atoms with E-state index in [4.69, 9.17) is 4.74 Å². The smallest absolute Gasteiger partial charge is 0.337 e. The Bertz CT molecular complexity index is 868. The molecule has 3 nitrogen and oxygen atoms in total. The molecule has 5 heteroatoms. The molecule has 0 fully saturated rings. The molecule has 0 radical (unpaired) electrons. The fraction of sp³-hybridized carbons (Fsp3) is 0.409. The molecule has 0 amide bonds. The van der Waals surface area contributed by atoms with E-state index in [-0.39, 0.29) is 6.42 Å². The summed E-state index contributed by atoms with van der Waals surface area (Å²) in [6.45, 7) is 5.73. The highest BCUT2D eigenvalue weighted by Gasteiger charge is 2.32. The minimum absolute atomic E-state index is 0.187. The third-order valence-electron chi connectivity index (χ3n) is 4.93. The molecule has 2 atom stereocenters. The molecule has 1 aliphatic rings. The summed E-state index contributed by atoms with van der Waals surface area (Å²) in [6.07, 6.45) is 1.93. The Morgan fingerprint density at radius 3 is 2.74 bits per heavy atom. The number of hydrogen-bond donors (Lipinski definition) is 1. The first-order valence-corrected chi connectivity index (χ1v) is 10.2. The number of allylic oxidation sites excluding steroid dienone is 1. The van der Waals surface area contributed by atoms with Crippen LogP contribution in [0.2, 0.25) is 0 Å². The van der Waals surface area contributed by atoms with E-state index in [0.29, 0.717) is 12.0 Å². The first kappa shape index (κ1) is 19.8. The van der Waals surface area contributed by atoms with Gasteiger partial charge < -0.3 is 9.84 Å². The Labute approximate surface area is 163 Å². The van der Waals surface area contributed by atoms with E-state index in [1.165, 1.54) is 5.56 Å². The number of carboxylic acids is 1. The standard InChI is InChI=1S/C22H25FO3S/c1-4-8-18(23)26-21(22(24)25)20-14(3)27-13(2)19(20)17-12-7-10-15-9-5-6-11-16(15)17/h5-6,9,11-12,18,21H,4,7-8,10H2,1-3H3,(H,24,25). The lowest BCUT2D eigenvalue weighted by molar-refractivity contribution is -0.164. The van der Waals surface area contributed by atoms with Crippen molar-refractivity contribution >= 4 is 22.9 Å². The van der Waals surface area contributed by atoms with Gasteiger partial charge in [-0.3, -0.25) is 0 Å². The predicted molar refractivity (Wildman–Crippen MR) is 107 cm³/mol. The number of carboxylic acid groups (broad SMARTS) is 1. The molecule has 2 aromatic rings. The van der Waals surface area contributed by atoms with Crippen LogP contribution < -0.4 is 0 Å². The van der Waals surface area contributed by atoms with E-state index in [1.807, 2.05) is 32.9 Å². The zero-order valence-corrected chi connectivity index (χ0v) is 16.7. The maximum absolute atomic E-state index is 14.2. The van der Waals surface area contributed by atoms with Crippen molar-refractivity contribution in [1.29, 1.82) is 0 Å². The van der Waals surface area contributed by atoms with Crippen LogP contribution in [-0.2, 0) is 16.0 Å². The first-order chi connectivity index (χ1) is 12.9. The number of aliphatic carboxylic acids is 1. The van der Waals surface area contributed by atoms with Crippen molar-refractivity contribution in [3.8, 4) is 0 Å². The van der Waals surface area contributed by atoms with Crippen LogP contribution in [0.15, 0.2) is 30.3 Å². The van der Waals surface area contributed by atoms with Crippen molar-refractivity contribution in [1.82, 2.24) is 0 Å². The maximum Gasteiger partial charge on any atom is 0.337 e. The highest BCUT2D eigenvalue weighted by Crippen LogP contribution is 2.43. The summed E-state index contributed by atoms with van der Waals surface area (Å²) in [5.41, 5.74) is 4.90. The number of fused-ring (bicyclic) bond motifs is 1. The van der Waals surface area contributed by atoms with Gasteiger partial charge in [0.05, 0.1) is 0 Å². The van der Waals surface area contributed by atoms with E-state index >= 15 is 0 Å². The normalized spacial score (nSPS) is 15.8. The van der Waals surface area contributed by atoms with Crippen LogP contribution in [0.5, 0.6) is 0 Å². The average molecular weight is 389 g/mol. The summed E-state index contributed by atoms with van der Waals surface area (Å²) in [4.78, 5) is 13.9. The van der Waals surface area contributed by atoms with Gasteiger partial charge in [-0.25, -0.2) is 9.18 Å². The molecule has 0 saturated carbocycles. The molecule has 0 spiro atoms. The van der Waals surface area contributed by atoms with Gasteiger partial charge in [-0.05, 0) is 43.4 Å². The molecule has 0 saturated heterocycles. The molecule has 1 N–H and O–H groups in total. The highest BCUT2D eigenvalue weighted by molar-refractivity contribution is 7.12. The second-order valence-electron chi connectivity index (χ2n) is 6.87. The first-order valence-electron chi connectivity index (χ1n) is 9.35. The van der Waals surface area contributed by atoms with Gasteiger partial charge in [0.2, 0.25) is 0 Å². The molecule has 27 heavy (non-hydrogen) atoms. The lowest BCUT2D eigenvalue weighted by atomic mass is 9.84. The Kier molecular flexibility index (Phi) is 6.12. The van der Waals surface area contributed by atoms with Crippen LogP contribution in [0.4, 0.5) is 4.39 Å². The van der Waals surface area contributed by atoms with Crippen molar-refractivity contribution < 1.29 is 19.0 Å². The van der Waals surface area contributed by atoms with Crippen LogP contribution >= 0.6 is 11.3 Å². The van der Waals surface area contributed by atoms with Gasteiger partial charge in [-0.1, -0.05) is 43.7 Å². The number of thiophene rings is 1. The summed E-state index contributed by atoms with van der Waals surface area (Å²) >= 11 is 1.54. The molecule has 1 aliphatic carbocycles. The summed E-state index contributed by atoms with van der Waals surface area (Å²) in [5.74, 6) is -1.15. The van der Waals surface area contributed by atoms with Gasteiger partial charge in [-0.15, -0.1) is 11.3 Å². The minimum atomic E-state index is -1.59. The van der Waals surface area contributed by atoms with Crippen LogP contribution in [0, 0.1) is 13.8 Å². The van der Waals surface area contributed by atoms with E-state index in [0.717, 1.165) is 39.3 Å². The van der Waals surface area contributed by atoms with Crippen molar-refractivity contribution in [2.45, 2.75) is 58.9 Å². The van der Waals surface area contributed by atoms with Gasteiger partial charge in [-0.2, -0.15) is 0 Å². The predicted octanol–water partition coefficient (Wildman–Crippen LogP) is 5.98. The summed E-state index contributed by atoms with van der Waals surface area (Å²) < 4.78 is 19.5. The number of aryl methyl sites for hydroxylation is 3. The lowest BCUT2D eigenvalue weighted by Gasteiger charge is -2.23. The zero-order chi connectivity index (χ0) is 19.6. The number of rotatable bonds is 7. The summed E-state index contributed by atoms with van der Waals surface area (Å²) in [7, 11) is 0. The number of carbonyl (C=O) groups is 1. The van der Waals surface area contributed by atoms with Crippen LogP contribution in [0.3, 0.4) is 0 Å². The molecular formula is C22H25FO3S. The topological polar surface area (TPSA) is 46.5 Å². The van der Waals surface area contributed by atoms with Crippen molar-refractivity contribution in [2.75, 3.05) is 0 Å². The number of alkyl halides is 1. The second-order valence-corrected chi connectivity index (χ2v) is 8.30. The summed E-state index contributed by atoms with van der Waals surface area (Å²) in [6, 6.07) is 8.20. The molecule has 3 rings (SSSR count). The van der Waals surface area contributed by atoms with Crippen LogP contribution in [0.25, 0.3) is 5.57 Å². The Morgan fingerprint density at radius 1 is 1.30 bits per heavy atom. The molecular weight excluding hydrogens is 363 g/mol. The number of ether oxygens (including phenoxy) is 1. The largest absolute Gasteiger partial charge is 0.479 e. The van der Waals surface area contributed by atoms with E-state index in [2.05, 4.69) is 18.2 Å². The quantitative estimate of drug-likeness (QED) is 0.634. The number of hydrogen-bond acceptors (Lipinski definition) is 3. The van der Waals surface area contributed by atoms with E-state index in [9.17, 15) is 14.3 Å². The van der Waals surface area contributed by atoms with Gasteiger partial charge in [0.15, 0.2) is 12.5 Å². The fourth-order valence-corrected chi connectivity index (χ4v) is 4.86. The zero-order valence-electron chi connectivity index (χ0n) is 15.9. The fourth-order valence-electron chi connectivity index (χ4n) is 3.76. The Hall–Kier alpha value is -1.98. The highest BCUT2D eigenvalue weighted by atomic mass is 32.1. The van der Waals surface area contributed by atoms with Crippen LogP contribution in [0.1, 0.15) is 64.3 Å². The Morgan fingerprint density at radius 2 is 2.04 bits per heavy atom. The number of benzene rings is 1. The minimum Gasteiger partial charge on any atom is -0.479 e. The van der Waals surface area contributed by atoms with Crippen molar-refractivity contribution in [2.24, 2.45) is 0 Å². The molecule has 1 aromatic carbocycles. The molecule has 2 unspecified atom stereocenters. The van der Waals surface area contributed by atoms with Gasteiger partial charge in [0.1, 0.15) is 0 Å². The molecule has 1 aromatic heterocycles. The average Bonchev–Trinajstić information content (AvgIpc) is 2.92. The van der Waals surface area contributed by atoms with Crippen molar-refractivity contribution in [3.05, 3.63) is 62.3 Å². The monoisotopic (exact) mass is 388 g/mol. The van der Waals surface area contributed by atoms with Crippen LogP contribution in [-0.4, -0.2) is 17.4 Å². The Balaban J connectivity index is 2.10. The van der Waals surface area contributed by atoms with Crippen molar-refractivity contribution in [3.63, 3.8) is 0 Å². The number of halogens is 1. The molecule has 1 heterocycles. The maximum atomic E-state index is 14.2. The van der Waals surface area contributed by atoms with Gasteiger partial charge in [0, 0.05) is 27.3 Å². The van der Waals surface area contributed by atoms with Gasteiger partial charge in [0.25, 0.3) is 0 Å². The SMILES string of the molecule is CCCC(F)OC(C(=O)O)c1c(C)sc(C)c1C1=CCCc2ccccc21. The lowest BCUT2D eigenvalue weighted by Crippen LogP contribution is -2.21. The third kappa shape index (κ3) is 3.99. The van der Waals surface area contributed by atoms with E-state index in [1.54, 1.807) is 11.3 Å². The molecule has 0 bridgehead atoms. The van der Waals surface area contributed by atoms with Gasteiger partial charge >= 0.3 is 5.97 Å². The molecule has 144 valence electrons. The van der Waals surface area contributed by atoms with E-state index < -0.39 is 18.4 Å². The summed E-state index contributed by atoms with van der Waals surface area (Å²) in [5, 5.41) is 9.79. The second kappa shape index (κ2) is 8.36. The third-order valence-corrected chi connectivity index (χ3v) is 5.97.